The van der Waals surface area contributed by atoms with E-state index in [0.717, 1.165) is 29.1 Å². The second-order valence-corrected chi connectivity index (χ2v) is 8.63. The number of rotatable bonds is 5. The van der Waals surface area contributed by atoms with E-state index in [2.05, 4.69) is 132 Å². The van der Waals surface area contributed by atoms with Crippen molar-refractivity contribution in [2.75, 3.05) is 4.90 Å². The van der Waals surface area contributed by atoms with E-state index in [1.807, 2.05) is 6.07 Å². The fourth-order valence-electron chi connectivity index (χ4n) is 3.74. The van der Waals surface area contributed by atoms with Gasteiger partial charge in [-0.1, -0.05) is 98.8 Å². The summed E-state index contributed by atoms with van der Waals surface area (Å²) in [5, 5.41) is 0. The molecular formula is C29H32BN. The van der Waals surface area contributed by atoms with Gasteiger partial charge < -0.3 is 4.90 Å². The molecule has 0 saturated carbocycles. The van der Waals surface area contributed by atoms with Gasteiger partial charge in [-0.05, 0) is 54.8 Å². The van der Waals surface area contributed by atoms with Crippen LogP contribution in [0.2, 0.25) is 0 Å². The quantitative estimate of drug-likeness (QED) is 0.402. The zero-order valence-corrected chi connectivity index (χ0v) is 19.2. The third-order valence-electron chi connectivity index (χ3n) is 6.14. The Balaban J connectivity index is 2.00. The molecule has 3 rings (SSSR count). The van der Waals surface area contributed by atoms with Crippen LogP contribution in [-0.4, -0.2) is 7.85 Å². The Hall–Kier alpha value is -3.26. The van der Waals surface area contributed by atoms with Gasteiger partial charge in [-0.25, -0.2) is 0 Å². The molecule has 1 nitrogen and oxygen atoms in total. The maximum atomic E-state index is 4.43. The van der Waals surface area contributed by atoms with E-state index in [0.29, 0.717) is 0 Å². The van der Waals surface area contributed by atoms with Crippen molar-refractivity contribution in [3.63, 3.8) is 0 Å². The van der Waals surface area contributed by atoms with Gasteiger partial charge in [0.25, 0.3) is 0 Å². The number of hydrogen-bond donors (Lipinski definition) is 0. The smallest absolute Gasteiger partial charge is 0.139 e. The fraction of sp³-hybridized carbons (Fsp3) is 0.172. The molecule has 2 heteroatoms. The summed E-state index contributed by atoms with van der Waals surface area (Å²) in [7, 11) is 2.12. The monoisotopic (exact) mass is 405 g/mol. The van der Waals surface area contributed by atoms with Crippen molar-refractivity contribution in [3.8, 4) is 0 Å². The summed E-state index contributed by atoms with van der Waals surface area (Å²) in [6.45, 7) is 15.4. The summed E-state index contributed by atoms with van der Waals surface area (Å²) in [6.07, 6.45) is 13.7. The lowest BCUT2D eigenvalue weighted by molar-refractivity contribution is 0.548. The molecule has 156 valence electrons. The van der Waals surface area contributed by atoms with Crippen molar-refractivity contribution in [2.45, 2.75) is 27.2 Å². The van der Waals surface area contributed by atoms with E-state index >= 15 is 0 Å². The molecule has 0 fully saturated rings. The SMILES string of the molecule is Bc1cccc(N(C(=C)/C=C\C2=C(/C)C(C)(C)C(=C)/C=C\C=C/C2)c2ccccc2)c1. The van der Waals surface area contributed by atoms with Gasteiger partial charge in [0.15, 0.2) is 0 Å². The first-order chi connectivity index (χ1) is 14.8. The van der Waals surface area contributed by atoms with E-state index in [9.17, 15) is 0 Å². The van der Waals surface area contributed by atoms with Gasteiger partial charge in [0.05, 0.1) is 0 Å². The largest absolute Gasteiger partial charge is 0.311 e. The molecule has 1 aliphatic rings. The summed E-state index contributed by atoms with van der Waals surface area (Å²) >= 11 is 0. The molecule has 2 aromatic rings. The van der Waals surface area contributed by atoms with E-state index in [1.54, 1.807) is 0 Å². The molecule has 0 unspecified atom stereocenters. The Morgan fingerprint density at radius 2 is 1.74 bits per heavy atom. The predicted molar refractivity (Wildman–Crippen MR) is 140 cm³/mol. The van der Waals surface area contributed by atoms with Crippen molar-refractivity contribution < 1.29 is 0 Å². The van der Waals surface area contributed by atoms with E-state index in [1.165, 1.54) is 16.6 Å². The number of hydrogen-bond acceptors (Lipinski definition) is 1. The zero-order chi connectivity index (χ0) is 22.4. The van der Waals surface area contributed by atoms with Gasteiger partial charge in [0, 0.05) is 22.5 Å². The molecule has 2 aromatic carbocycles. The lowest BCUT2D eigenvalue weighted by Gasteiger charge is -2.29. The molecule has 0 amide bonds. The minimum atomic E-state index is -0.0980. The summed E-state index contributed by atoms with van der Waals surface area (Å²) in [5.74, 6) is 0. The van der Waals surface area contributed by atoms with Gasteiger partial charge in [0.1, 0.15) is 7.85 Å². The summed E-state index contributed by atoms with van der Waals surface area (Å²) < 4.78 is 0. The molecule has 0 heterocycles. The van der Waals surface area contributed by atoms with Crippen LogP contribution in [0.5, 0.6) is 0 Å². The third kappa shape index (κ3) is 5.27. The Kier molecular flexibility index (Phi) is 7.02. The van der Waals surface area contributed by atoms with Crippen molar-refractivity contribution in [3.05, 3.63) is 127 Å². The summed E-state index contributed by atoms with van der Waals surface area (Å²) in [5.41, 5.74) is 8.01. The minimum absolute atomic E-state index is 0.0980. The van der Waals surface area contributed by atoms with Gasteiger partial charge in [0.2, 0.25) is 0 Å². The van der Waals surface area contributed by atoms with Crippen LogP contribution in [0.4, 0.5) is 11.4 Å². The Labute approximate surface area is 188 Å². The van der Waals surface area contributed by atoms with Crippen molar-refractivity contribution >= 4 is 24.7 Å². The van der Waals surface area contributed by atoms with Crippen molar-refractivity contribution in [1.29, 1.82) is 0 Å². The molecule has 0 spiro atoms. The number of benzene rings is 2. The molecule has 0 aromatic heterocycles. The number of allylic oxidation sites excluding steroid dienone is 9. The molecule has 0 N–H and O–H groups in total. The molecule has 0 saturated heterocycles. The Bertz CT molecular complexity index is 1080. The summed E-state index contributed by atoms with van der Waals surface area (Å²) in [4.78, 5) is 2.20. The average molecular weight is 405 g/mol. The second kappa shape index (κ2) is 9.70. The molecule has 0 radical (unpaired) electrons. The van der Waals surface area contributed by atoms with Crippen molar-refractivity contribution in [2.24, 2.45) is 5.41 Å². The van der Waals surface area contributed by atoms with Gasteiger partial charge in [-0.3, -0.25) is 0 Å². The molecular weight excluding hydrogens is 373 g/mol. The number of nitrogens with zero attached hydrogens (tertiary/aromatic N) is 1. The fourth-order valence-corrected chi connectivity index (χ4v) is 3.74. The highest BCUT2D eigenvalue weighted by atomic mass is 15.1. The maximum Gasteiger partial charge on any atom is 0.139 e. The van der Waals surface area contributed by atoms with E-state index < -0.39 is 0 Å². The highest BCUT2D eigenvalue weighted by Gasteiger charge is 2.24. The van der Waals surface area contributed by atoms with Crippen molar-refractivity contribution in [1.82, 2.24) is 0 Å². The first kappa shape index (κ1) is 22.4. The van der Waals surface area contributed by atoms with Gasteiger partial charge >= 0.3 is 0 Å². The lowest BCUT2D eigenvalue weighted by atomic mass is 9.76. The topological polar surface area (TPSA) is 3.24 Å². The highest BCUT2D eigenvalue weighted by Crippen LogP contribution is 2.38. The van der Waals surface area contributed by atoms with Crippen LogP contribution < -0.4 is 10.4 Å². The standard InChI is InChI=1S/C29H32BN/c1-22-13-8-6-9-14-25(24(3)29(22,4)5)20-19-23(2)31(27-16-10-7-11-17-27)28-18-12-15-26(30)21-28/h6-13,15-21H,1-2,14,30H2,3-5H3/b9-6-,13-8-,20-19-,25-24+. The predicted octanol–water partition coefficient (Wildman–Crippen LogP) is 6.57. The second-order valence-electron chi connectivity index (χ2n) is 8.63. The van der Waals surface area contributed by atoms with E-state index in [4.69, 9.17) is 0 Å². The Morgan fingerprint density at radius 1 is 1.03 bits per heavy atom. The van der Waals surface area contributed by atoms with Gasteiger partial charge in [-0.15, -0.1) is 0 Å². The molecule has 31 heavy (non-hydrogen) atoms. The van der Waals surface area contributed by atoms with Crippen LogP contribution in [0.3, 0.4) is 0 Å². The maximum absolute atomic E-state index is 4.43. The van der Waals surface area contributed by atoms with Crippen LogP contribution in [0.1, 0.15) is 27.2 Å². The molecule has 1 aliphatic carbocycles. The van der Waals surface area contributed by atoms with Gasteiger partial charge in [-0.2, -0.15) is 0 Å². The first-order valence-corrected chi connectivity index (χ1v) is 10.8. The number of anilines is 2. The first-order valence-electron chi connectivity index (χ1n) is 10.8. The zero-order valence-electron chi connectivity index (χ0n) is 19.2. The normalized spacial score (nSPS) is 20.5. The summed E-state index contributed by atoms with van der Waals surface area (Å²) in [6, 6.07) is 18.9. The highest BCUT2D eigenvalue weighted by molar-refractivity contribution is 6.32. The van der Waals surface area contributed by atoms with Crippen LogP contribution >= 0.6 is 0 Å². The molecule has 0 atom stereocenters. The number of para-hydroxylation sites is 1. The lowest BCUT2D eigenvalue weighted by Crippen LogP contribution is -2.17. The molecule has 0 aliphatic heterocycles. The van der Waals surface area contributed by atoms with Crippen LogP contribution in [0, 0.1) is 5.41 Å². The van der Waals surface area contributed by atoms with Crippen LogP contribution in [0.25, 0.3) is 0 Å². The van der Waals surface area contributed by atoms with Crippen LogP contribution in [0.15, 0.2) is 127 Å². The van der Waals surface area contributed by atoms with Crippen LogP contribution in [-0.2, 0) is 0 Å². The third-order valence-corrected chi connectivity index (χ3v) is 6.14. The minimum Gasteiger partial charge on any atom is -0.311 e. The Morgan fingerprint density at radius 3 is 2.45 bits per heavy atom. The molecule has 0 bridgehead atoms. The van der Waals surface area contributed by atoms with E-state index in [-0.39, 0.29) is 5.41 Å². The average Bonchev–Trinajstić information content (AvgIpc) is 2.79.